The lowest BCUT2D eigenvalue weighted by Crippen LogP contribution is -1.97. The Balaban J connectivity index is 2.19. The van der Waals surface area contributed by atoms with Crippen LogP contribution in [-0.4, -0.2) is 17.0 Å². The number of halogens is 1. The zero-order valence-electron chi connectivity index (χ0n) is 10.2. The average Bonchev–Trinajstić information content (AvgIpc) is 2.43. The lowest BCUT2D eigenvalue weighted by atomic mass is 10.2. The van der Waals surface area contributed by atoms with E-state index in [1.807, 2.05) is 12.1 Å². The standard InChI is InChI=1S/C13H11BrN4O/c1-16-12-11(14)13(18-8-17-12)19-10-4-2-9(3-5-10)6-7-15/h2-5,8H,6H2,1H3,(H,16,17,18). The molecule has 0 saturated heterocycles. The van der Waals surface area contributed by atoms with E-state index in [-0.39, 0.29) is 0 Å². The van der Waals surface area contributed by atoms with Gasteiger partial charge in [0.1, 0.15) is 22.4 Å². The zero-order valence-corrected chi connectivity index (χ0v) is 11.8. The molecule has 2 rings (SSSR count). The summed E-state index contributed by atoms with van der Waals surface area (Å²) in [6.07, 6.45) is 1.82. The maximum Gasteiger partial charge on any atom is 0.238 e. The zero-order chi connectivity index (χ0) is 13.7. The highest BCUT2D eigenvalue weighted by Gasteiger charge is 2.09. The van der Waals surface area contributed by atoms with E-state index < -0.39 is 0 Å². The van der Waals surface area contributed by atoms with Crippen molar-refractivity contribution in [1.82, 2.24) is 9.97 Å². The summed E-state index contributed by atoms with van der Waals surface area (Å²) in [7, 11) is 1.77. The minimum atomic E-state index is 0.390. The Morgan fingerprint density at radius 2 is 2.05 bits per heavy atom. The first-order chi connectivity index (χ1) is 9.24. The van der Waals surface area contributed by atoms with E-state index in [4.69, 9.17) is 10.00 Å². The Hall–Kier alpha value is -2.13. The van der Waals surface area contributed by atoms with Gasteiger partial charge in [-0.3, -0.25) is 0 Å². The molecule has 1 heterocycles. The van der Waals surface area contributed by atoms with Gasteiger partial charge < -0.3 is 10.1 Å². The number of hydrogen-bond donors (Lipinski definition) is 1. The number of nitriles is 1. The Kier molecular flexibility index (Phi) is 4.31. The summed E-state index contributed by atoms with van der Waals surface area (Å²) in [5, 5.41) is 11.5. The lowest BCUT2D eigenvalue weighted by molar-refractivity contribution is 0.458. The fraction of sp³-hybridized carbons (Fsp3) is 0.154. The number of nitrogens with one attached hydrogen (secondary N) is 1. The van der Waals surface area contributed by atoms with E-state index in [9.17, 15) is 0 Å². The number of ether oxygens (including phenoxy) is 1. The quantitative estimate of drug-likeness (QED) is 0.937. The van der Waals surface area contributed by atoms with Gasteiger partial charge in [-0.2, -0.15) is 5.26 Å². The molecular weight excluding hydrogens is 308 g/mol. The topological polar surface area (TPSA) is 70.8 Å². The molecule has 0 atom stereocenters. The van der Waals surface area contributed by atoms with Gasteiger partial charge in [-0.25, -0.2) is 9.97 Å². The van der Waals surface area contributed by atoms with Crippen molar-refractivity contribution in [3.05, 3.63) is 40.6 Å². The number of benzene rings is 1. The second kappa shape index (κ2) is 6.16. The first kappa shape index (κ1) is 13.3. The normalized spacial score (nSPS) is 9.74. The van der Waals surface area contributed by atoms with Crippen LogP contribution < -0.4 is 10.1 Å². The fourth-order valence-electron chi connectivity index (χ4n) is 1.48. The van der Waals surface area contributed by atoms with Crippen molar-refractivity contribution in [2.75, 3.05) is 12.4 Å². The Bertz CT molecular complexity index is 607. The Morgan fingerprint density at radius 3 is 2.68 bits per heavy atom. The molecule has 6 heteroatoms. The molecular formula is C13H11BrN4O. The van der Waals surface area contributed by atoms with Crippen molar-refractivity contribution in [2.45, 2.75) is 6.42 Å². The van der Waals surface area contributed by atoms with Crippen LogP contribution >= 0.6 is 15.9 Å². The molecule has 96 valence electrons. The third kappa shape index (κ3) is 3.20. The summed E-state index contributed by atoms with van der Waals surface area (Å²) in [6.45, 7) is 0. The number of aromatic nitrogens is 2. The number of hydrogen-bond acceptors (Lipinski definition) is 5. The summed E-state index contributed by atoms with van der Waals surface area (Å²) in [4.78, 5) is 8.12. The molecule has 1 aromatic heterocycles. The van der Waals surface area contributed by atoms with Gasteiger partial charge in [0.2, 0.25) is 5.88 Å². The van der Waals surface area contributed by atoms with Crippen LogP contribution in [0.1, 0.15) is 5.56 Å². The minimum absolute atomic E-state index is 0.390. The molecule has 0 unspecified atom stereocenters. The Labute approximate surface area is 119 Å². The molecule has 0 aliphatic carbocycles. The Morgan fingerprint density at radius 1 is 1.32 bits per heavy atom. The van der Waals surface area contributed by atoms with Crippen LogP contribution in [0.4, 0.5) is 5.82 Å². The third-order valence-corrected chi connectivity index (χ3v) is 3.13. The largest absolute Gasteiger partial charge is 0.438 e. The molecule has 1 aromatic carbocycles. The van der Waals surface area contributed by atoms with Crippen molar-refractivity contribution in [1.29, 1.82) is 5.26 Å². The second-order valence-electron chi connectivity index (χ2n) is 3.67. The molecule has 0 saturated carbocycles. The first-order valence-corrected chi connectivity index (χ1v) is 6.36. The van der Waals surface area contributed by atoms with E-state index in [2.05, 4.69) is 37.3 Å². The average molecular weight is 319 g/mol. The van der Waals surface area contributed by atoms with E-state index in [1.165, 1.54) is 6.33 Å². The van der Waals surface area contributed by atoms with Gasteiger partial charge in [-0.1, -0.05) is 12.1 Å². The molecule has 0 fully saturated rings. The molecule has 0 radical (unpaired) electrons. The first-order valence-electron chi connectivity index (χ1n) is 5.56. The van der Waals surface area contributed by atoms with Gasteiger partial charge in [-0.05, 0) is 33.6 Å². The number of nitrogens with zero attached hydrogens (tertiary/aromatic N) is 3. The van der Waals surface area contributed by atoms with Crippen LogP contribution in [0.2, 0.25) is 0 Å². The summed E-state index contributed by atoms with van der Waals surface area (Å²) in [5.74, 6) is 1.75. The molecule has 0 aliphatic rings. The molecule has 0 amide bonds. The highest BCUT2D eigenvalue weighted by Crippen LogP contribution is 2.31. The summed E-state index contributed by atoms with van der Waals surface area (Å²) in [6, 6.07) is 9.42. The van der Waals surface area contributed by atoms with E-state index in [1.54, 1.807) is 19.2 Å². The van der Waals surface area contributed by atoms with Crippen molar-refractivity contribution in [3.8, 4) is 17.7 Å². The van der Waals surface area contributed by atoms with Crippen LogP contribution in [0.15, 0.2) is 35.1 Å². The maximum atomic E-state index is 8.61. The fourth-order valence-corrected chi connectivity index (χ4v) is 1.96. The molecule has 5 nitrogen and oxygen atoms in total. The van der Waals surface area contributed by atoms with E-state index >= 15 is 0 Å². The molecule has 0 bridgehead atoms. The SMILES string of the molecule is CNc1ncnc(Oc2ccc(CC#N)cc2)c1Br. The van der Waals surface area contributed by atoms with Gasteiger partial charge in [0.15, 0.2) is 0 Å². The molecule has 0 aliphatic heterocycles. The van der Waals surface area contributed by atoms with E-state index in [0.717, 1.165) is 5.56 Å². The molecule has 19 heavy (non-hydrogen) atoms. The van der Waals surface area contributed by atoms with Gasteiger partial charge in [0.05, 0.1) is 12.5 Å². The van der Waals surface area contributed by atoms with Crippen LogP contribution in [0.25, 0.3) is 0 Å². The monoisotopic (exact) mass is 318 g/mol. The summed E-state index contributed by atoms with van der Waals surface area (Å²) < 4.78 is 6.33. The predicted molar refractivity (Wildman–Crippen MR) is 75.1 cm³/mol. The molecule has 1 N–H and O–H groups in total. The molecule has 0 spiro atoms. The van der Waals surface area contributed by atoms with Crippen LogP contribution in [-0.2, 0) is 6.42 Å². The predicted octanol–water partition coefficient (Wildman–Crippen LogP) is 3.14. The van der Waals surface area contributed by atoms with Gasteiger partial charge in [-0.15, -0.1) is 0 Å². The van der Waals surface area contributed by atoms with Crippen LogP contribution in [0.3, 0.4) is 0 Å². The van der Waals surface area contributed by atoms with Crippen molar-refractivity contribution >= 4 is 21.7 Å². The van der Waals surface area contributed by atoms with Crippen molar-refractivity contribution in [2.24, 2.45) is 0 Å². The van der Waals surface area contributed by atoms with Crippen LogP contribution in [0, 0.1) is 11.3 Å². The number of rotatable bonds is 4. The second-order valence-corrected chi connectivity index (χ2v) is 4.47. The highest BCUT2D eigenvalue weighted by atomic mass is 79.9. The maximum absolute atomic E-state index is 8.61. The van der Waals surface area contributed by atoms with Crippen molar-refractivity contribution < 1.29 is 4.74 Å². The third-order valence-electron chi connectivity index (χ3n) is 2.42. The van der Waals surface area contributed by atoms with Gasteiger partial charge in [0.25, 0.3) is 0 Å². The molecule has 2 aromatic rings. The number of anilines is 1. The van der Waals surface area contributed by atoms with Gasteiger partial charge >= 0.3 is 0 Å². The van der Waals surface area contributed by atoms with Gasteiger partial charge in [0, 0.05) is 7.05 Å². The van der Waals surface area contributed by atoms with Crippen LogP contribution in [0.5, 0.6) is 11.6 Å². The highest BCUT2D eigenvalue weighted by molar-refractivity contribution is 9.10. The van der Waals surface area contributed by atoms with Crippen molar-refractivity contribution in [3.63, 3.8) is 0 Å². The van der Waals surface area contributed by atoms with E-state index in [0.29, 0.717) is 28.3 Å². The minimum Gasteiger partial charge on any atom is -0.438 e. The lowest BCUT2D eigenvalue weighted by Gasteiger charge is -2.09. The smallest absolute Gasteiger partial charge is 0.238 e. The summed E-state index contributed by atoms with van der Waals surface area (Å²) in [5.41, 5.74) is 0.951. The summed E-state index contributed by atoms with van der Waals surface area (Å²) >= 11 is 3.38.